The molecular formula is C11H8Cl2N3O. The zero-order chi connectivity index (χ0) is 12.4. The van der Waals surface area contributed by atoms with Gasteiger partial charge in [0.25, 0.3) is 0 Å². The molecule has 87 valence electrons. The molecule has 0 aliphatic carbocycles. The number of benzene rings is 1. The van der Waals surface area contributed by atoms with Crippen LogP contribution in [0.5, 0.6) is 0 Å². The van der Waals surface area contributed by atoms with Crippen molar-refractivity contribution in [2.45, 2.75) is 6.92 Å². The summed E-state index contributed by atoms with van der Waals surface area (Å²) in [5, 5.41) is 8.24. The number of nitrogens with zero attached hydrogens (tertiary/aromatic N) is 3. The fraction of sp³-hybridized carbons (Fsp3) is 0.0909. The number of hydrogen-bond donors (Lipinski definition) is 0. The van der Waals surface area contributed by atoms with Gasteiger partial charge in [-0.25, -0.2) is 4.68 Å². The summed E-state index contributed by atoms with van der Waals surface area (Å²) in [5.41, 5.74) is 1.05. The summed E-state index contributed by atoms with van der Waals surface area (Å²) in [4.78, 5) is 11.8. The number of carbonyl (C=O) groups excluding carboxylic acids is 1. The topological polar surface area (TPSA) is 47.8 Å². The minimum Gasteiger partial charge on any atom is -0.294 e. The van der Waals surface area contributed by atoms with Gasteiger partial charge < -0.3 is 0 Å². The van der Waals surface area contributed by atoms with E-state index in [1.807, 2.05) is 0 Å². The maximum absolute atomic E-state index is 11.8. The van der Waals surface area contributed by atoms with E-state index in [1.54, 1.807) is 25.1 Å². The first-order valence-electron chi connectivity index (χ1n) is 4.83. The molecule has 1 heterocycles. The number of halogens is 2. The van der Waals surface area contributed by atoms with E-state index in [0.29, 0.717) is 16.3 Å². The van der Waals surface area contributed by atoms with Gasteiger partial charge in [-0.2, -0.15) is 0 Å². The van der Waals surface area contributed by atoms with E-state index < -0.39 is 0 Å². The number of Topliss-reactive ketones (excluding diaryl/α,β-unsaturated/α-hetero) is 1. The second-order valence-corrected chi connectivity index (χ2v) is 4.12. The normalized spacial score (nSPS) is 10.5. The van der Waals surface area contributed by atoms with Crippen LogP contribution in [-0.2, 0) is 0 Å². The molecule has 4 nitrogen and oxygen atoms in total. The fourth-order valence-corrected chi connectivity index (χ4v) is 1.72. The van der Waals surface area contributed by atoms with Gasteiger partial charge in [-0.1, -0.05) is 35.3 Å². The summed E-state index contributed by atoms with van der Waals surface area (Å²) in [6.45, 7) is 1.67. The maximum atomic E-state index is 11.8. The van der Waals surface area contributed by atoms with Crippen LogP contribution < -0.4 is 0 Å². The fourth-order valence-electron chi connectivity index (χ4n) is 1.42. The van der Waals surface area contributed by atoms with E-state index in [1.165, 1.54) is 17.3 Å². The molecule has 0 spiro atoms. The lowest BCUT2D eigenvalue weighted by molar-refractivity contribution is 0.103. The van der Waals surface area contributed by atoms with Crippen LogP contribution in [0.25, 0.3) is 5.69 Å². The Morgan fingerprint density at radius 3 is 2.76 bits per heavy atom. The highest BCUT2D eigenvalue weighted by Gasteiger charge is 2.13. The van der Waals surface area contributed by atoms with Crippen molar-refractivity contribution in [3.63, 3.8) is 0 Å². The van der Waals surface area contributed by atoms with Crippen LogP contribution in [0.4, 0.5) is 0 Å². The smallest absolute Gasteiger partial charge is 0.171 e. The lowest BCUT2D eigenvalue weighted by Crippen LogP contribution is -2.06. The molecule has 0 unspecified atom stereocenters. The number of rotatable bonds is 3. The molecule has 0 saturated carbocycles. The minimum atomic E-state index is -0.130. The van der Waals surface area contributed by atoms with Crippen LogP contribution in [0.1, 0.15) is 17.3 Å². The van der Waals surface area contributed by atoms with Gasteiger partial charge in [0.1, 0.15) is 0 Å². The minimum absolute atomic E-state index is 0.130. The Hall–Kier alpha value is -1.39. The molecule has 2 aromatic rings. The second kappa shape index (κ2) is 4.85. The Kier molecular flexibility index (Phi) is 3.45. The lowest BCUT2D eigenvalue weighted by Gasteiger charge is -2.07. The van der Waals surface area contributed by atoms with Crippen molar-refractivity contribution in [3.05, 3.63) is 46.6 Å². The molecule has 0 amide bonds. The molecule has 0 fully saturated rings. The van der Waals surface area contributed by atoms with E-state index >= 15 is 0 Å². The molecule has 0 saturated heterocycles. The second-order valence-electron chi connectivity index (χ2n) is 3.30. The molecule has 0 bridgehead atoms. The largest absolute Gasteiger partial charge is 0.294 e. The summed E-state index contributed by atoms with van der Waals surface area (Å²) in [6.07, 6.45) is 2.99. The summed E-state index contributed by atoms with van der Waals surface area (Å²) in [5.74, 6) is -0.130. The third-order valence-electron chi connectivity index (χ3n) is 2.20. The number of ketones is 1. The van der Waals surface area contributed by atoms with Crippen LogP contribution in [0.15, 0.2) is 24.4 Å². The average molecular weight is 269 g/mol. The highest BCUT2D eigenvalue weighted by atomic mass is 35.5. The lowest BCUT2D eigenvalue weighted by atomic mass is 10.1. The first kappa shape index (κ1) is 12.1. The van der Waals surface area contributed by atoms with Crippen molar-refractivity contribution in [2.75, 3.05) is 0 Å². The molecule has 6 heteroatoms. The first-order chi connectivity index (χ1) is 8.11. The Labute approximate surface area is 108 Å². The summed E-state index contributed by atoms with van der Waals surface area (Å²) in [7, 11) is 0. The summed E-state index contributed by atoms with van der Waals surface area (Å²) >= 11 is 11.6. The van der Waals surface area contributed by atoms with Crippen LogP contribution >= 0.6 is 23.2 Å². The van der Waals surface area contributed by atoms with Gasteiger partial charge in [0, 0.05) is 17.0 Å². The molecule has 17 heavy (non-hydrogen) atoms. The van der Waals surface area contributed by atoms with Crippen molar-refractivity contribution < 1.29 is 4.79 Å². The molecule has 1 aromatic heterocycles. The van der Waals surface area contributed by atoms with Crippen LogP contribution in [0, 0.1) is 6.42 Å². The molecule has 1 radical (unpaired) electrons. The zero-order valence-electron chi connectivity index (χ0n) is 8.89. The maximum Gasteiger partial charge on any atom is 0.171 e. The van der Waals surface area contributed by atoms with Crippen LogP contribution in [0.2, 0.25) is 10.2 Å². The van der Waals surface area contributed by atoms with E-state index in [9.17, 15) is 4.79 Å². The van der Waals surface area contributed by atoms with Crippen molar-refractivity contribution in [3.8, 4) is 5.69 Å². The highest BCUT2D eigenvalue weighted by molar-refractivity contribution is 6.31. The third kappa shape index (κ3) is 2.48. The monoisotopic (exact) mass is 268 g/mol. The first-order valence-corrected chi connectivity index (χ1v) is 5.59. The standard InChI is InChI=1S/C11H8Cl2N3O/c1-2-10(17)8-5-7(12)3-4-9(8)16-6-11(13)14-15-16/h2-6H,1H3. The molecule has 2 rings (SSSR count). The predicted molar refractivity (Wildman–Crippen MR) is 65.7 cm³/mol. The summed E-state index contributed by atoms with van der Waals surface area (Å²) < 4.78 is 1.44. The van der Waals surface area contributed by atoms with Crippen LogP contribution in [0.3, 0.4) is 0 Å². The third-order valence-corrected chi connectivity index (χ3v) is 2.61. The molecule has 0 N–H and O–H groups in total. The SMILES string of the molecule is C[CH]C(=O)c1cc(Cl)ccc1-n1cc(Cl)nn1. The number of hydrogen-bond acceptors (Lipinski definition) is 3. The van der Waals surface area contributed by atoms with Gasteiger partial charge >= 0.3 is 0 Å². The van der Waals surface area contributed by atoms with E-state index in [4.69, 9.17) is 23.2 Å². The van der Waals surface area contributed by atoms with Crippen molar-refractivity contribution in [1.82, 2.24) is 15.0 Å². The van der Waals surface area contributed by atoms with Gasteiger partial charge in [0.2, 0.25) is 0 Å². The van der Waals surface area contributed by atoms with E-state index in [-0.39, 0.29) is 10.9 Å². The van der Waals surface area contributed by atoms with Crippen molar-refractivity contribution in [2.24, 2.45) is 0 Å². The van der Waals surface area contributed by atoms with Gasteiger partial charge in [-0.3, -0.25) is 4.79 Å². The Bertz CT molecular complexity index is 566. The zero-order valence-corrected chi connectivity index (χ0v) is 10.4. The molecule has 0 aliphatic rings. The summed E-state index contributed by atoms with van der Waals surface area (Å²) in [6, 6.07) is 4.97. The van der Waals surface area contributed by atoms with Crippen molar-refractivity contribution in [1.29, 1.82) is 0 Å². The van der Waals surface area contributed by atoms with Gasteiger partial charge in [-0.05, 0) is 18.2 Å². The molecule has 0 aliphatic heterocycles. The van der Waals surface area contributed by atoms with Gasteiger partial charge in [-0.15, -0.1) is 5.10 Å². The van der Waals surface area contributed by atoms with Crippen LogP contribution in [-0.4, -0.2) is 20.8 Å². The predicted octanol–water partition coefficient (Wildman–Crippen LogP) is 2.98. The van der Waals surface area contributed by atoms with Crippen molar-refractivity contribution >= 4 is 29.0 Å². The molecule has 1 aromatic carbocycles. The quantitative estimate of drug-likeness (QED) is 0.805. The highest BCUT2D eigenvalue weighted by Crippen LogP contribution is 2.21. The van der Waals surface area contributed by atoms with E-state index in [2.05, 4.69) is 10.3 Å². The molecular weight excluding hydrogens is 261 g/mol. The number of carbonyl (C=O) groups is 1. The Morgan fingerprint density at radius 1 is 1.41 bits per heavy atom. The Morgan fingerprint density at radius 2 is 2.18 bits per heavy atom. The molecule has 0 atom stereocenters. The Balaban J connectivity index is 2.57. The van der Waals surface area contributed by atoms with Gasteiger partial charge in [0.15, 0.2) is 10.9 Å². The average Bonchev–Trinajstić information content (AvgIpc) is 2.74. The van der Waals surface area contributed by atoms with Gasteiger partial charge in [0.05, 0.1) is 11.9 Å². The number of aromatic nitrogens is 3. The van der Waals surface area contributed by atoms with E-state index in [0.717, 1.165) is 0 Å².